The maximum atomic E-state index is 5.39. The van der Waals surface area contributed by atoms with Gasteiger partial charge in [0.2, 0.25) is 0 Å². The summed E-state index contributed by atoms with van der Waals surface area (Å²) in [6.45, 7) is 0. The Morgan fingerprint density at radius 2 is 1.22 bits per heavy atom. The van der Waals surface area contributed by atoms with Crippen LogP contribution in [-0.4, -0.2) is 11.7 Å². The molecule has 0 aliphatic carbocycles. The fourth-order valence-electron chi connectivity index (χ4n) is 4.23. The number of methoxy groups -OCH3 is 1. The van der Waals surface area contributed by atoms with Gasteiger partial charge in [-0.1, -0.05) is 91.0 Å². The van der Waals surface area contributed by atoms with Crippen LogP contribution in [0.1, 0.15) is 11.3 Å². The number of ether oxygens (including phenoxy) is 1. The normalized spacial score (nSPS) is 10.8. The fourth-order valence-corrected chi connectivity index (χ4v) is 4.23. The van der Waals surface area contributed by atoms with E-state index in [0.29, 0.717) is 0 Å². The van der Waals surface area contributed by atoms with E-state index in [1.54, 1.807) is 7.11 Å². The molecular weight excluding hydrogens is 390 g/mol. The molecule has 32 heavy (non-hydrogen) atoms. The van der Waals surface area contributed by atoms with Gasteiger partial charge in [0, 0.05) is 23.4 Å². The molecule has 0 atom stereocenters. The lowest BCUT2D eigenvalue weighted by atomic mass is 10.0. The number of benzene rings is 4. The lowest BCUT2D eigenvalue weighted by Crippen LogP contribution is -2.04. The molecule has 5 aromatic rings. The highest BCUT2D eigenvalue weighted by atomic mass is 16.5. The molecule has 0 radical (unpaired) electrons. The Morgan fingerprint density at radius 3 is 1.84 bits per heavy atom. The zero-order chi connectivity index (χ0) is 21.8. The SMILES string of the molecule is COc1ccc(-c2cc(-c3ccccc3)n(-c3ccccc3)c2Cc2ccccc2)cc1. The quantitative estimate of drug-likeness (QED) is 0.282. The van der Waals surface area contributed by atoms with Gasteiger partial charge < -0.3 is 9.30 Å². The smallest absolute Gasteiger partial charge is 0.118 e. The molecule has 0 fully saturated rings. The number of hydrogen-bond acceptors (Lipinski definition) is 1. The Kier molecular flexibility index (Phi) is 5.59. The first-order valence-electron chi connectivity index (χ1n) is 10.9. The molecule has 0 amide bonds. The largest absolute Gasteiger partial charge is 0.497 e. The summed E-state index contributed by atoms with van der Waals surface area (Å²) in [7, 11) is 1.70. The first kappa shape index (κ1) is 19.9. The van der Waals surface area contributed by atoms with Gasteiger partial charge in [-0.25, -0.2) is 0 Å². The van der Waals surface area contributed by atoms with Crippen molar-refractivity contribution < 1.29 is 4.74 Å². The Hall–Kier alpha value is -4.04. The zero-order valence-corrected chi connectivity index (χ0v) is 18.1. The molecule has 0 aliphatic heterocycles. The molecule has 0 unspecified atom stereocenters. The third-order valence-electron chi connectivity index (χ3n) is 5.80. The molecule has 5 rings (SSSR count). The Balaban J connectivity index is 1.77. The molecule has 0 bridgehead atoms. The number of para-hydroxylation sites is 1. The fraction of sp³-hybridized carbons (Fsp3) is 0.0667. The molecule has 0 N–H and O–H groups in total. The highest BCUT2D eigenvalue weighted by Crippen LogP contribution is 2.37. The van der Waals surface area contributed by atoms with Crippen LogP contribution in [0.2, 0.25) is 0 Å². The van der Waals surface area contributed by atoms with Crippen molar-refractivity contribution in [2.45, 2.75) is 6.42 Å². The monoisotopic (exact) mass is 415 g/mol. The van der Waals surface area contributed by atoms with Crippen LogP contribution in [0.4, 0.5) is 0 Å². The summed E-state index contributed by atoms with van der Waals surface area (Å²) in [6, 6.07) is 42.6. The molecule has 2 nitrogen and oxygen atoms in total. The summed E-state index contributed by atoms with van der Waals surface area (Å²) in [5, 5.41) is 0. The van der Waals surface area contributed by atoms with Gasteiger partial charge in [-0.3, -0.25) is 0 Å². The van der Waals surface area contributed by atoms with Crippen LogP contribution in [0.5, 0.6) is 5.75 Å². The van der Waals surface area contributed by atoms with Crippen LogP contribution in [0, 0.1) is 0 Å². The van der Waals surface area contributed by atoms with Gasteiger partial charge in [-0.2, -0.15) is 0 Å². The molecule has 0 aliphatic rings. The zero-order valence-electron chi connectivity index (χ0n) is 18.1. The van der Waals surface area contributed by atoms with Crippen molar-refractivity contribution in [3.8, 4) is 33.8 Å². The molecule has 0 saturated carbocycles. The third kappa shape index (κ3) is 3.95. The van der Waals surface area contributed by atoms with Gasteiger partial charge in [-0.15, -0.1) is 0 Å². The number of aromatic nitrogens is 1. The standard InChI is InChI=1S/C30H25NO/c1-32-27-19-17-24(18-20-27)28-22-29(25-13-7-3-8-14-25)31(26-15-9-4-10-16-26)30(28)21-23-11-5-2-6-12-23/h2-20,22H,21H2,1H3. The first-order valence-corrected chi connectivity index (χ1v) is 10.9. The number of nitrogens with zero attached hydrogens (tertiary/aromatic N) is 1. The minimum absolute atomic E-state index is 0.837. The lowest BCUT2D eigenvalue weighted by molar-refractivity contribution is 0.415. The van der Waals surface area contributed by atoms with Crippen LogP contribution in [0.25, 0.3) is 28.1 Å². The predicted molar refractivity (Wildman–Crippen MR) is 132 cm³/mol. The summed E-state index contributed by atoms with van der Waals surface area (Å²) in [5.74, 6) is 0.865. The van der Waals surface area contributed by atoms with Crippen LogP contribution in [0.15, 0.2) is 121 Å². The maximum Gasteiger partial charge on any atom is 0.118 e. The predicted octanol–water partition coefficient (Wildman–Crippen LogP) is 7.41. The van der Waals surface area contributed by atoms with E-state index in [1.165, 1.54) is 33.6 Å². The van der Waals surface area contributed by atoms with E-state index in [-0.39, 0.29) is 0 Å². The van der Waals surface area contributed by atoms with Gasteiger partial charge in [0.25, 0.3) is 0 Å². The highest BCUT2D eigenvalue weighted by Gasteiger charge is 2.19. The van der Waals surface area contributed by atoms with Gasteiger partial charge in [-0.05, 0) is 47.0 Å². The van der Waals surface area contributed by atoms with Crippen molar-refractivity contribution in [3.05, 3.63) is 133 Å². The van der Waals surface area contributed by atoms with E-state index in [9.17, 15) is 0 Å². The maximum absolute atomic E-state index is 5.39. The second-order valence-electron chi connectivity index (χ2n) is 7.82. The van der Waals surface area contributed by atoms with E-state index in [0.717, 1.165) is 17.9 Å². The molecule has 2 heteroatoms. The van der Waals surface area contributed by atoms with Crippen molar-refractivity contribution in [3.63, 3.8) is 0 Å². The van der Waals surface area contributed by atoms with Gasteiger partial charge in [0.1, 0.15) is 5.75 Å². The van der Waals surface area contributed by atoms with Crippen molar-refractivity contribution in [2.24, 2.45) is 0 Å². The van der Waals surface area contributed by atoms with E-state index in [2.05, 4.69) is 114 Å². The molecule has 4 aromatic carbocycles. The molecule has 156 valence electrons. The van der Waals surface area contributed by atoms with Gasteiger partial charge in [0.05, 0.1) is 12.8 Å². The highest BCUT2D eigenvalue weighted by molar-refractivity contribution is 5.78. The first-order chi connectivity index (χ1) is 15.8. The average molecular weight is 416 g/mol. The van der Waals surface area contributed by atoms with Crippen LogP contribution in [-0.2, 0) is 6.42 Å². The van der Waals surface area contributed by atoms with Crippen LogP contribution in [0.3, 0.4) is 0 Å². The molecule has 0 saturated heterocycles. The minimum Gasteiger partial charge on any atom is -0.497 e. The van der Waals surface area contributed by atoms with E-state index < -0.39 is 0 Å². The van der Waals surface area contributed by atoms with Crippen molar-refractivity contribution in [1.82, 2.24) is 4.57 Å². The Morgan fingerprint density at radius 1 is 0.625 bits per heavy atom. The van der Waals surface area contributed by atoms with E-state index in [1.807, 2.05) is 12.1 Å². The molecule has 1 heterocycles. The Labute approximate surface area is 189 Å². The Bertz CT molecular complexity index is 1290. The van der Waals surface area contributed by atoms with Crippen molar-refractivity contribution >= 4 is 0 Å². The second kappa shape index (κ2) is 8.99. The molecule has 0 spiro atoms. The summed E-state index contributed by atoms with van der Waals surface area (Å²) in [4.78, 5) is 0. The average Bonchev–Trinajstić information content (AvgIpc) is 3.25. The summed E-state index contributed by atoms with van der Waals surface area (Å²) < 4.78 is 7.80. The summed E-state index contributed by atoms with van der Waals surface area (Å²) in [6.07, 6.45) is 0.837. The van der Waals surface area contributed by atoms with Crippen LogP contribution >= 0.6 is 0 Å². The van der Waals surface area contributed by atoms with Crippen molar-refractivity contribution in [1.29, 1.82) is 0 Å². The number of rotatable bonds is 6. The van der Waals surface area contributed by atoms with E-state index >= 15 is 0 Å². The number of hydrogen-bond donors (Lipinski definition) is 0. The topological polar surface area (TPSA) is 14.2 Å². The van der Waals surface area contributed by atoms with Crippen molar-refractivity contribution in [2.75, 3.05) is 7.11 Å². The lowest BCUT2D eigenvalue weighted by Gasteiger charge is -2.15. The summed E-state index contributed by atoms with van der Waals surface area (Å²) >= 11 is 0. The minimum atomic E-state index is 0.837. The van der Waals surface area contributed by atoms with Crippen LogP contribution < -0.4 is 4.74 Å². The third-order valence-corrected chi connectivity index (χ3v) is 5.80. The van der Waals surface area contributed by atoms with E-state index in [4.69, 9.17) is 4.74 Å². The summed E-state index contributed by atoms with van der Waals surface area (Å²) in [5.41, 5.74) is 8.53. The molecule has 1 aromatic heterocycles. The van der Waals surface area contributed by atoms with Gasteiger partial charge in [0.15, 0.2) is 0 Å². The second-order valence-corrected chi connectivity index (χ2v) is 7.82. The van der Waals surface area contributed by atoms with Gasteiger partial charge >= 0.3 is 0 Å². The molecular formula is C30H25NO.